The van der Waals surface area contributed by atoms with Crippen LogP contribution in [0.5, 0.6) is 0 Å². The maximum absolute atomic E-state index is 10.3. The van der Waals surface area contributed by atoms with Crippen molar-refractivity contribution in [1.82, 2.24) is 0 Å². The second kappa shape index (κ2) is 4.43. The average molecular weight is 186 g/mol. The molecule has 0 aromatic carbocycles. The monoisotopic (exact) mass is 186 g/mol. The molecule has 0 bridgehead atoms. The molecule has 0 amide bonds. The van der Waals surface area contributed by atoms with Gasteiger partial charge in [-0.25, -0.2) is 0 Å². The Morgan fingerprint density at radius 3 is 2.54 bits per heavy atom. The van der Waals surface area contributed by atoms with E-state index in [1.807, 2.05) is 0 Å². The summed E-state index contributed by atoms with van der Waals surface area (Å²) in [6.45, 7) is 4.87. The van der Waals surface area contributed by atoms with Crippen LogP contribution in [-0.2, 0) is 4.74 Å². The lowest BCUT2D eigenvalue weighted by Crippen LogP contribution is -2.38. The summed E-state index contributed by atoms with van der Waals surface area (Å²) in [4.78, 5) is 0. The summed E-state index contributed by atoms with van der Waals surface area (Å²) >= 11 is 0. The van der Waals surface area contributed by atoms with E-state index in [1.54, 1.807) is 7.11 Å². The van der Waals surface area contributed by atoms with Crippen molar-refractivity contribution in [2.75, 3.05) is 13.7 Å². The van der Waals surface area contributed by atoms with Crippen LogP contribution >= 0.6 is 0 Å². The molecule has 1 saturated carbocycles. The van der Waals surface area contributed by atoms with Crippen LogP contribution in [0.3, 0.4) is 0 Å². The van der Waals surface area contributed by atoms with Gasteiger partial charge in [0.15, 0.2) is 0 Å². The molecule has 78 valence electrons. The van der Waals surface area contributed by atoms with E-state index in [2.05, 4.69) is 13.8 Å². The average Bonchev–Trinajstić information content (AvgIpc) is 2.86. The van der Waals surface area contributed by atoms with E-state index in [1.165, 1.54) is 12.8 Å². The standard InChI is InChI=1S/C11H22O2/c1-4-9(2)7-11(12,8-13-3)10-5-6-10/h9-10,12H,4-8H2,1-3H3. The Kier molecular flexibility index (Phi) is 3.74. The van der Waals surface area contributed by atoms with Gasteiger partial charge in [-0.3, -0.25) is 0 Å². The quantitative estimate of drug-likeness (QED) is 0.689. The fourth-order valence-corrected chi connectivity index (χ4v) is 1.96. The Morgan fingerprint density at radius 1 is 1.54 bits per heavy atom. The van der Waals surface area contributed by atoms with Crippen molar-refractivity contribution in [2.45, 2.75) is 45.1 Å². The van der Waals surface area contributed by atoms with Gasteiger partial charge < -0.3 is 9.84 Å². The van der Waals surface area contributed by atoms with E-state index in [-0.39, 0.29) is 0 Å². The van der Waals surface area contributed by atoms with E-state index in [0.717, 1.165) is 12.8 Å². The van der Waals surface area contributed by atoms with Gasteiger partial charge in [0.05, 0.1) is 12.2 Å². The number of ether oxygens (including phenoxy) is 1. The Balaban J connectivity index is 2.45. The Bertz CT molecular complexity index is 154. The van der Waals surface area contributed by atoms with Crippen LogP contribution in [-0.4, -0.2) is 24.4 Å². The Morgan fingerprint density at radius 2 is 2.15 bits per heavy atom. The maximum atomic E-state index is 10.3. The highest BCUT2D eigenvalue weighted by Crippen LogP contribution is 2.43. The molecule has 0 aromatic heterocycles. The molecule has 0 saturated heterocycles. The number of methoxy groups -OCH3 is 1. The molecule has 0 aromatic rings. The lowest BCUT2D eigenvalue weighted by molar-refractivity contribution is -0.0629. The zero-order chi connectivity index (χ0) is 9.90. The van der Waals surface area contributed by atoms with Gasteiger partial charge in [0.1, 0.15) is 0 Å². The predicted octanol–water partition coefficient (Wildman–Crippen LogP) is 2.21. The normalized spacial score (nSPS) is 24.0. The molecule has 1 fully saturated rings. The summed E-state index contributed by atoms with van der Waals surface area (Å²) in [5, 5.41) is 10.3. The van der Waals surface area contributed by atoms with Crippen molar-refractivity contribution in [1.29, 1.82) is 0 Å². The molecule has 2 nitrogen and oxygen atoms in total. The highest BCUT2D eigenvalue weighted by molar-refractivity contribution is 4.95. The van der Waals surface area contributed by atoms with Crippen LogP contribution in [0, 0.1) is 11.8 Å². The predicted molar refractivity (Wildman–Crippen MR) is 53.6 cm³/mol. The van der Waals surface area contributed by atoms with Crippen LogP contribution in [0.1, 0.15) is 39.5 Å². The first kappa shape index (κ1) is 11.0. The second-order valence-corrected chi connectivity index (χ2v) is 4.53. The zero-order valence-corrected chi connectivity index (χ0v) is 9.05. The van der Waals surface area contributed by atoms with Crippen LogP contribution < -0.4 is 0 Å². The number of hydrogen-bond acceptors (Lipinski definition) is 2. The molecule has 1 aliphatic carbocycles. The molecule has 2 heteroatoms. The van der Waals surface area contributed by atoms with Gasteiger partial charge in [-0.2, -0.15) is 0 Å². The first-order valence-corrected chi connectivity index (χ1v) is 5.33. The van der Waals surface area contributed by atoms with Crippen molar-refractivity contribution >= 4 is 0 Å². The maximum Gasteiger partial charge on any atom is 0.0910 e. The van der Waals surface area contributed by atoms with Crippen molar-refractivity contribution in [3.63, 3.8) is 0 Å². The van der Waals surface area contributed by atoms with Gasteiger partial charge in [0, 0.05) is 7.11 Å². The first-order valence-electron chi connectivity index (χ1n) is 5.33. The number of hydrogen-bond donors (Lipinski definition) is 1. The van der Waals surface area contributed by atoms with Crippen LogP contribution in [0.4, 0.5) is 0 Å². The minimum absolute atomic E-state index is 0.501. The van der Waals surface area contributed by atoms with E-state index < -0.39 is 5.60 Å². The number of rotatable bonds is 6. The van der Waals surface area contributed by atoms with Crippen molar-refractivity contribution in [3.05, 3.63) is 0 Å². The van der Waals surface area contributed by atoms with Crippen LogP contribution in [0.25, 0.3) is 0 Å². The molecule has 0 aliphatic heterocycles. The van der Waals surface area contributed by atoms with Crippen molar-refractivity contribution in [3.8, 4) is 0 Å². The fraction of sp³-hybridized carbons (Fsp3) is 1.00. The fourth-order valence-electron chi connectivity index (χ4n) is 1.96. The highest BCUT2D eigenvalue weighted by atomic mass is 16.5. The first-order chi connectivity index (χ1) is 6.12. The third-order valence-electron chi connectivity index (χ3n) is 3.13. The van der Waals surface area contributed by atoms with Gasteiger partial charge in [-0.05, 0) is 31.1 Å². The molecule has 2 unspecified atom stereocenters. The summed E-state index contributed by atoms with van der Waals surface area (Å²) in [6.07, 6.45) is 4.38. The molecule has 1 aliphatic rings. The third-order valence-corrected chi connectivity index (χ3v) is 3.13. The molecule has 2 atom stereocenters. The largest absolute Gasteiger partial charge is 0.387 e. The minimum atomic E-state index is -0.538. The van der Waals surface area contributed by atoms with E-state index in [9.17, 15) is 5.11 Å². The van der Waals surface area contributed by atoms with Gasteiger partial charge in [-0.1, -0.05) is 20.3 Å². The molecule has 1 N–H and O–H groups in total. The van der Waals surface area contributed by atoms with Gasteiger partial charge in [0.25, 0.3) is 0 Å². The Hall–Kier alpha value is -0.0800. The molecular formula is C11H22O2. The molecular weight excluding hydrogens is 164 g/mol. The highest BCUT2D eigenvalue weighted by Gasteiger charge is 2.44. The second-order valence-electron chi connectivity index (χ2n) is 4.53. The van der Waals surface area contributed by atoms with E-state index in [0.29, 0.717) is 18.4 Å². The summed E-state index contributed by atoms with van der Waals surface area (Å²) in [6, 6.07) is 0. The smallest absolute Gasteiger partial charge is 0.0910 e. The van der Waals surface area contributed by atoms with Gasteiger partial charge in [-0.15, -0.1) is 0 Å². The van der Waals surface area contributed by atoms with E-state index in [4.69, 9.17) is 4.74 Å². The topological polar surface area (TPSA) is 29.5 Å². The van der Waals surface area contributed by atoms with Gasteiger partial charge in [0.2, 0.25) is 0 Å². The lowest BCUT2D eigenvalue weighted by atomic mass is 9.87. The van der Waals surface area contributed by atoms with Crippen LogP contribution in [0.15, 0.2) is 0 Å². The number of aliphatic hydroxyl groups is 1. The SMILES string of the molecule is CCC(C)CC(O)(COC)C1CC1. The molecule has 13 heavy (non-hydrogen) atoms. The summed E-state index contributed by atoms with van der Waals surface area (Å²) in [7, 11) is 1.67. The van der Waals surface area contributed by atoms with Crippen LogP contribution in [0.2, 0.25) is 0 Å². The van der Waals surface area contributed by atoms with Crippen molar-refractivity contribution < 1.29 is 9.84 Å². The van der Waals surface area contributed by atoms with E-state index >= 15 is 0 Å². The zero-order valence-electron chi connectivity index (χ0n) is 9.05. The molecule has 0 spiro atoms. The Labute approximate surface area is 81.3 Å². The molecule has 0 radical (unpaired) electrons. The van der Waals surface area contributed by atoms with Gasteiger partial charge >= 0.3 is 0 Å². The summed E-state index contributed by atoms with van der Waals surface area (Å²) in [5.41, 5.74) is -0.538. The third kappa shape index (κ3) is 2.96. The molecule has 0 heterocycles. The minimum Gasteiger partial charge on any atom is -0.387 e. The summed E-state index contributed by atoms with van der Waals surface area (Å²) < 4.78 is 5.10. The summed E-state index contributed by atoms with van der Waals surface area (Å²) in [5.74, 6) is 1.10. The molecule has 1 rings (SSSR count). The lowest BCUT2D eigenvalue weighted by Gasteiger charge is -2.30. The van der Waals surface area contributed by atoms with Crippen molar-refractivity contribution in [2.24, 2.45) is 11.8 Å².